The Hall–Kier alpha value is -4.63. The number of nitrogens with zero attached hydrogens (tertiary/aromatic N) is 3. The first-order valence-electron chi connectivity index (χ1n) is 11.4. The summed E-state index contributed by atoms with van der Waals surface area (Å²) in [5, 5.41) is 5.50. The van der Waals surface area contributed by atoms with Crippen LogP contribution in [0.5, 0.6) is 0 Å². The Balaban J connectivity index is 1.49. The number of benzene rings is 4. The van der Waals surface area contributed by atoms with E-state index < -0.39 is 0 Å². The molecule has 0 bridgehead atoms. The molecule has 3 heteroatoms. The molecular formula is C31H19N3. The van der Waals surface area contributed by atoms with E-state index in [-0.39, 0.29) is 0 Å². The van der Waals surface area contributed by atoms with Gasteiger partial charge in [-0.15, -0.1) is 0 Å². The predicted octanol–water partition coefficient (Wildman–Crippen LogP) is 7.82. The standard InChI is InChI=1S/C31H19N3/c1-2-7-20(8-3-1)21-12-14-23(15-13-21)28-26-11-5-4-10-25(26)27-19-24-17-16-22-9-6-18-32-29(22)30(24)34-31(27)33-28/h1-19H. The SMILES string of the molecule is c1ccc(-c2ccc(-c3nc4nc5c(ccc6cccnc65)cc4c4ccccc34)cc2)cc1. The lowest BCUT2D eigenvalue weighted by atomic mass is 9.98. The molecule has 7 aromatic rings. The summed E-state index contributed by atoms with van der Waals surface area (Å²) in [5.74, 6) is 0. The topological polar surface area (TPSA) is 38.7 Å². The minimum Gasteiger partial charge on any atom is -0.254 e. The second-order valence-corrected chi connectivity index (χ2v) is 8.52. The van der Waals surface area contributed by atoms with Crippen LogP contribution in [0.15, 0.2) is 115 Å². The quantitative estimate of drug-likeness (QED) is 0.206. The fraction of sp³-hybridized carbons (Fsp3) is 0. The minimum absolute atomic E-state index is 0.742. The first-order chi connectivity index (χ1) is 16.8. The van der Waals surface area contributed by atoms with Crippen molar-refractivity contribution in [2.24, 2.45) is 0 Å². The number of rotatable bonds is 2. The van der Waals surface area contributed by atoms with Gasteiger partial charge in [-0.3, -0.25) is 4.98 Å². The average Bonchev–Trinajstić information content (AvgIpc) is 2.92. The van der Waals surface area contributed by atoms with E-state index in [0.29, 0.717) is 0 Å². The van der Waals surface area contributed by atoms with Crippen molar-refractivity contribution >= 4 is 43.6 Å². The van der Waals surface area contributed by atoms with Crippen LogP contribution < -0.4 is 0 Å². The molecule has 4 aromatic carbocycles. The van der Waals surface area contributed by atoms with Gasteiger partial charge in [-0.05, 0) is 28.6 Å². The van der Waals surface area contributed by atoms with Crippen LogP contribution in [0.1, 0.15) is 0 Å². The molecule has 158 valence electrons. The Kier molecular flexibility index (Phi) is 4.15. The average molecular weight is 434 g/mol. The summed E-state index contributed by atoms with van der Waals surface area (Å²) in [6.45, 7) is 0. The van der Waals surface area contributed by atoms with E-state index in [4.69, 9.17) is 9.97 Å². The van der Waals surface area contributed by atoms with Gasteiger partial charge >= 0.3 is 0 Å². The van der Waals surface area contributed by atoms with Crippen LogP contribution in [-0.2, 0) is 0 Å². The summed E-state index contributed by atoms with van der Waals surface area (Å²) >= 11 is 0. The number of hydrogen-bond donors (Lipinski definition) is 0. The molecule has 0 unspecified atom stereocenters. The molecule has 0 aliphatic heterocycles. The molecule has 0 spiro atoms. The maximum atomic E-state index is 5.09. The van der Waals surface area contributed by atoms with Gasteiger partial charge in [0.25, 0.3) is 0 Å². The second-order valence-electron chi connectivity index (χ2n) is 8.52. The van der Waals surface area contributed by atoms with E-state index >= 15 is 0 Å². The van der Waals surface area contributed by atoms with E-state index in [9.17, 15) is 0 Å². The van der Waals surface area contributed by atoms with Gasteiger partial charge in [-0.1, -0.05) is 97.1 Å². The van der Waals surface area contributed by atoms with Gasteiger partial charge in [0.1, 0.15) is 0 Å². The largest absolute Gasteiger partial charge is 0.254 e. The number of aromatic nitrogens is 3. The van der Waals surface area contributed by atoms with Crippen molar-refractivity contribution in [3.8, 4) is 22.4 Å². The second kappa shape index (κ2) is 7.46. The lowest BCUT2D eigenvalue weighted by Gasteiger charge is -2.12. The number of fused-ring (bicyclic) bond motifs is 6. The Morgan fingerprint density at radius 1 is 0.441 bits per heavy atom. The summed E-state index contributed by atoms with van der Waals surface area (Å²) in [7, 11) is 0. The van der Waals surface area contributed by atoms with Crippen LogP contribution in [0, 0.1) is 0 Å². The normalized spacial score (nSPS) is 11.5. The molecule has 7 rings (SSSR count). The molecule has 0 saturated heterocycles. The lowest BCUT2D eigenvalue weighted by Crippen LogP contribution is -1.94. The molecular weight excluding hydrogens is 414 g/mol. The first-order valence-corrected chi connectivity index (χ1v) is 11.4. The molecule has 3 heterocycles. The molecule has 0 N–H and O–H groups in total. The zero-order valence-corrected chi connectivity index (χ0v) is 18.3. The Morgan fingerprint density at radius 3 is 2.00 bits per heavy atom. The van der Waals surface area contributed by atoms with Crippen molar-refractivity contribution in [2.45, 2.75) is 0 Å². The molecule has 0 saturated carbocycles. The molecule has 0 fully saturated rings. The highest BCUT2D eigenvalue weighted by atomic mass is 14.9. The van der Waals surface area contributed by atoms with Gasteiger partial charge in [0, 0.05) is 33.3 Å². The van der Waals surface area contributed by atoms with Crippen molar-refractivity contribution in [2.75, 3.05) is 0 Å². The van der Waals surface area contributed by atoms with Crippen LogP contribution in [0.3, 0.4) is 0 Å². The van der Waals surface area contributed by atoms with E-state index in [1.54, 1.807) is 0 Å². The van der Waals surface area contributed by atoms with Crippen molar-refractivity contribution < 1.29 is 0 Å². The fourth-order valence-electron chi connectivity index (χ4n) is 4.81. The molecule has 3 nitrogen and oxygen atoms in total. The molecule has 0 aliphatic carbocycles. The monoisotopic (exact) mass is 433 g/mol. The minimum atomic E-state index is 0.742. The highest BCUT2D eigenvalue weighted by Crippen LogP contribution is 2.35. The maximum absolute atomic E-state index is 5.09. The summed E-state index contributed by atoms with van der Waals surface area (Å²) < 4.78 is 0. The lowest BCUT2D eigenvalue weighted by molar-refractivity contribution is 1.33. The molecule has 0 atom stereocenters. The third kappa shape index (κ3) is 2.95. The van der Waals surface area contributed by atoms with Crippen molar-refractivity contribution in [3.63, 3.8) is 0 Å². The van der Waals surface area contributed by atoms with Crippen LogP contribution >= 0.6 is 0 Å². The van der Waals surface area contributed by atoms with Crippen molar-refractivity contribution in [3.05, 3.63) is 115 Å². The van der Waals surface area contributed by atoms with Crippen molar-refractivity contribution in [1.82, 2.24) is 15.0 Å². The van der Waals surface area contributed by atoms with Crippen LogP contribution in [0.4, 0.5) is 0 Å². The van der Waals surface area contributed by atoms with E-state index in [2.05, 4.69) is 102 Å². The summed E-state index contributed by atoms with van der Waals surface area (Å²) in [6.07, 6.45) is 1.82. The van der Waals surface area contributed by atoms with E-state index in [1.807, 2.05) is 18.3 Å². The fourth-order valence-corrected chi connectivity index (χ4v) is 4.81. The van der Waals surface area contributed by atoms with E-state index in [1.165, 1.54) is 11.1 Å². The van der Waals surface area contributed by atoms with Gasteiger partial charge in [-0.25, -0.2) is 9.97 Å². The molecule has 34 heavy (non-hydrogen) atoms. The molecule has 0 amide bonds. The summed E-state index contributed by atoms with van der Waals surface area (Å²) in [6, 6.07) is 38.0. The zero-order valence-electron chi connectivity index (χ0n) is 18.3. The highest BCUT2D eigenvalue weighted by Gasteiger charge is 2.13. The van der Waals surface area contributed by atoms with Gasteiger partial charge in [0.2, 0.25) is 0 Å². The van der Waals surface area contributed by atoms with Gasteiger partial charge in [0.05, 0.1) is 16.7 Å². The molecule has 0 aliphatic rings. The molecule has 3 aromatic heterocycles. The number of pyridine rings is 3. The maximum Gasteiger partial charge on any atom is 0.161 e. The van der Waals surface area contributed by atoms with E-state index in [0.717, 1.165) is 54.9 Å². The van der Waals surface area contributed by atoms with Gasteiger partial charge in [-0.2, -0.15) is 0 Å². The Labute approximate surface area is 196 Å². The molecule has 0 radical (unpaired) electrons. The first kappa shape index (κ1) is 18.9. The van der Waals surface area contributed by atoms with Gasteiger partial charge < -0.3 is 0 Å². The Morgan fingerprint density at radius 2 is 1.15 bits per heavy atom. The highest BCUT2D eigenvalue weighted by molar-refractivity contribution is 6.14. The van der Waals surface area contributed by atoms with Crippen LogP contribution in [-0.4, -0.2) is 15.0 Å². The van der Waals surface area contributed by atoms with Crippen LogP contribution in [0.2, 0.25) is 0 Å². The third-order valence-electron chi connectivity index (χ3n) is 6.49. The smallest absolute Gasteiger partial charge is 0.161 e. The number of hydrogen-bond acceptors (Lipinski definition) is 3. The zero-order chi connectivity index (χ0) is 22.5. The van der Waals surface area contributed by atoms with Crippen LogP contribution in [0.25, 0.3) is 66.0 Å². The van der Waals surface area contributed by atoms with Crippen molar-refractivity contribution in [1.29, 1.82) is 0 Å². The summed E-state index contributed by atoms with van der Waals surface area (Å²) in [4.78, 5) is 14.7. The summed E-state index contributed by atoms with van der Waals surface area (Å²) in [5.41, 5.74) is 6.96. The Bertz CT molecular complexity index is 1840. The van der Waals surface area contributed by atoms with Gasteiger partial charge in [0.15, 0.2) is 5.65 Å². The predicted molar refractivity (Wildman–Crippen MR) is 141 cm³/mol. The third-order valence-corrected chi connectivity index (χ3v) is 6.49.